The Balaban J connectivity index is 0.00000479. The molecule has 5 bridgehead atoms. The number of esters is 1. The van der Waals surface area contributed by atoms with Gasteiger partial charge in [-0.05, 0) is 69.2 Å². The van der Waals surface area contributed by atoms with Crippen molar-refractivity contribution in [2.75, 3.05) is 55.9 Å². The molecule has 20 nitrogen and oxygen atoms in total. The van der Waals surface area contributed by atoms with Crippen LogP contribution in [0.15, 0.2) is 64.3 Å². The number of hydrogen-bond donors (Lipinski definition) is 8. The molecule has 448 valence electrons. The Hall–Kier alpha value is -6.79. The van der Waals surface area contributed by atoms with E-state index in [4.69, 9.17) is 40.9 Å². The zero-order chi connectivity index (χ0) is 60.5. The number of aromatic hydroxyl groups is 2. The van der Waals surface area contributed by atoms with E-state index in [0.717, 1.165) is 25.8 Å². The van der Waals surface area contributed by atoms with E-state index in [-0.39, 0.29) is 86.6 Å². The van der Waals surface area contributed by atoms with Crippen molar-refractivity contribution in [1.29, 1.82) is 0 Å². The third-order valence-electron chi connectivity index (χ3n) is 16.6. The second-order valence-electron chi connectivity index (χ2n) is 23.0. The van der Waals surface area contributed by atoms with Gasteiger partial charge in [0.25, 0.3) is 11.7 Å². The number of carbonyl (C=O) groups excluding carboxylic acids is 4. The van der Waals surface area contributed by atoms with Crippen LogP contribution in [0.5, 0.6) is 17.2 Å². The molecule has 1 spiro atoms. The standard InChI is InChI=1S/C58H75F3N8O11.CH4O/c1-29(2)28-67-23-19-57(20-24-67)65-45-42-43-50(74)35(8)53-44(42)54(76)56(9,80-53)78-25-11-14-31(4)52(34(7)49(73)33(6)48(72)30(3)12-10-13-32(5)55(77)64-47(51(43)75)46(45)66-57)79-41(71)27-40(70)68-21-17-37(18-22-68)69(63)39-16-15-36(26-38(39)62)58(59,60)61;1-2/h10-13,15-16,25-26,29-31,33-34,37,48-49,52,72-75H,14,17-24,27-28,62-63H2,1-9H3,(H,64,77);2H,1H3/b12-10+,25-11+,32-13-;/t30-,31+,33+,34+,48-,49?,52?,56?;/m0./s1. The maximum atomic E-state index is 14.9. The predicted molar refractivity (Wildman–Crippen MR) is 301 cm³/mol. The molecule has 6 aliphatic rings. The van der Waals surface area contributed by atoms with Crippen molar-refractivity contribution in [3.63, 3.8) is 0 Å². The van der Waals surface area contributed by atoms with Crippen LogP contribution in [0.2, 0.25) is 0 Å². The summed E-state index contributed by atoms with van der Waals surface area (Å²) in [5, 5.41) is 59.1. The molecule has 6 heterocycles. The van der Waals surface area contributed by atoms with E-state index in [0.29, 0.717) is 44.7 Å². The molecule has 6 aliphatic heterocycles. The van der Waals surface area contributed by atoms with Crippen molar-refractivity contribution in [3.05, 3.63) is 81.7 Å². The number of ketones is 1. The number of nitrogens with two attached hydrogens (primary N) is 2. The molecule has 0 aliphatic carbocycles. The summed E-state index contributed by atoms with van der Waals surface area (Å²) in [6.45, 7) is 18.2. The van der Waals surface area contributed by atoms with Gasteiger partial charge in [0.05, 0.1) is 51.7 Å². The molecule has 0 radical (unpaired) electrons. The van der Waals surface area contributed by atoms with Crippen LogP contribution >= 0.6 is 0 Å². The summed E-state index contributed by atoms with van der Waals surface area (Å²) in [6, 6.07) is 2.54. The van der Waals surface area contributed by atoms with Gasteiger partial charge in [0, 0.05) is 99.9 Å². The fraction of sp³-hybridized carbons (Fsp3) is 0.559. The van der Waals surface area contributed by atoms with Gasteiger partial charge in [0.15, 0.2) is 11.4 Å². The summed E-state index contributed by atoms with van der Waals surface area (Å²) in [6.07, 6.45) is 0.773. The van der Waals surface area contributed by atoms with Crippen molar-refractivity contribution in [3.8, 4) is 17.2 Å². The van der Waals surface area contributed by atoms with Gasteiger partial charge in [-0.25, -0.2) is 5.84 Å². The fourth-order valence-electron chi connectivity index (χ4n) is 11.7. The smallest absolute Gasteiger partial charge is 0.416 e. The lowest BCUT2D eigenvalue weighted by Crippen LogP contribution is -2.50. The number of amides is 2. The lowest BCUT2D eigenvalue weighted by molar-refractivity contribution is -0.162. The first-order valence-electron chi connectivity index (χ1n) is 27.8. The maximum Gasteiger partial charge on any atom is 0.416 e. The normalized spacial score (nSPS) is 27.7. The molecule has 10 N–H and O–H groups in total. The van der Waals surface area contributed by atoms with Crippen molar-refractivity contribution < 1.29 is 72.1 Å². The molecule has 82 heavy (non-hydrogen) atoms. The molecule has 3 aromatic rings. The zero-order valence-electron chi connectivity index (χ0n) is 48.2. The summed E-state index contributed by atoms with van der Waals surface area (Å²) in [4.78, 5) is 70.5. The summed E-state index contributed by atoms with van der Waals surface area (Å²) >= 11 is 0. The Morgan fingerprint density at radius 3 is 2.22 bits per heavy atom. The number of anilines is 3. The Morgan fingerprint density at radius 2 is 1.60 bits per heavy atom. The Kier molecular flexibility index (Phi) is 19.1. The first kappa shape index (κ1) is 62.8. The molecule has 3 aromatic carbocycles. The number of benzene rings is 3. The van der Waals surface area contributed by atoms with Gasteiger partial charge in [-0.15, -0.1) is 0 Å². The van der Waals surface area contributed by atoms with Gasteiger partial charge in [0.2, 0.25) is 5.91 Å². The highest BCUT2D eigenvalue weighted by Gasteiger charge is 2.50. The Morgan fingerprint density at radius 1 is 0.951 bits per heavy atom. The number of phenolic OH excluding ortho intramolecular Hbond substituents is 2. The third kappa shape index (κ3) is 12.7. The number of nitrogens with zero attached hydrogens (tertiary/aromatic N) is 5. The van der Waals surface area contributed by atoms with Gasteiger partial charge in [-0.2, -0.15) is 13.2 Å². The number of hydrogen-bond acceptors (Lipinski definition) is 18. The quantitative estimate of drug-likeness (QED) is 0.0332. The highest BCUT2D eigenvalue weighted by atomic mass is 19.4. The molecule has 2 amide bonds. The van der Waals surface area contributed by atoms with Gasteiger partial charge in [-0.1, -0.05) is 59.8 Å². The van der Waals surface area contributed by atoms with E-state index in [9.17, 15) is 52.8 Å². The predicted octanol–water partition coefficient (Wildman–Crippen LogP) is 6.08. The number of ether oxygens (including phenoxy) is 3. The average molecular weight is 1150 g/mol. The van der Waals surface area contributed by atoms with Crippen LogP contribution in [-0.2, 0) is 30.0 Å². The molecule has 8 atom stereocenters. The lowest BCUT2D eigenvalue weighted by atomic mass is 9.79. The minimum atomic E-state index is -4.59. The molecular formula is C59H79F3N8O12. The SMILES string of the molecule is C/C1=C/C=C/[C@H](C)[C@H](O)[C@@H](C)C(O)[C@@H](C)C(OC(=O)CC(=O)N2CCC(N(N)c3ccc(C(F)(F)F)cc3N)CC2)[C@H](C)C/C=C/OC2(C)Oc3c(C)c(O)c4c(O)c(c5c(c4c3C2=O)=NC2(CCN(CC(C)C)CC2)N=5)NC1=O.CO. The van der Waals surface area contributed by atoms with Gasteiger partial charge >= 0.3 is 17.9 Å². The van der Waals surface area contributed by atoms with E-state index in [2.05, 4.69) is 24.1 Å². The van der Waals surface area contributed by atoms with Gasteiger partial charge in [0.1, 0.15) is 35.1 Å². The second-order valence-corrected chi connectivity index (χ2v) is 23.0. The summed E-state index contributed by atoms with van der Waals surface area (Å²) in [7, 11) is 1.00. The molecule has 9 rings (SSSR count). The van der Waals surface area contributed by atoms with E-state index in [1.165, 1.54) is 42.2 Å². The van der Waals surface area contributed by atoms with E-state index in [1.54, 1.807) is 52.8 Å². The van der Waals surface area contributed by atoms with Crippen LogP contribution in [0.1, 0.15) is 115 Å². The number of rotatable bonds is 7. The molecule has 3 unspecified atom stereocenters. The number of nitrogens with one attached hydrogen (secondary N) is 1. The van der Waals surface area contributed by atoms with Crippen molar-refractivity contribution >= 4 is 51.4 Å². The van der Waals surface area contributed by atoms with Crippen LogP contribution in [0.4, 0.5) is 30.2 Å². The molecule has 0 saturated carbocycles. The maximum absolute atomic E-state index is 14.9. The zero-order valence-corrected chi connectivity index (χ0v) is 48.2. The number of phenols is 2. The van der Waals surface area contributed by atoms with Crippen molar-refractivity contribution in [1.82, 2.24) is 9.80 Å². The average Bonchev–Trinajstić information content (AvgIpc) is 3.81. The number of halogens is 3. The number of piperidine rings is 2. The van der Waals surface area contributed by atoms with Crippen LogP contribution in [0.25, 0.3) is 10.8 Å². The third-order valence-corrected chi connectivity index (χ3v) is 16.6. The number of aliphatic hydroxyl groups excluding tert-OH is 3. The van der Waals surface area contributed by atoms with Crippen LogP contribution in [-0.4, -0.2) is 135 Å². The van der Waals surface area contributed by atoms with Gasteiger partial charge < -0.3 is 65.6 Å². The van der Waals surface area contributed by atoms with Crippen LogP contribution < -0.4 is 37.4 Å². The minimum absolute atomic E-state index is 0.00302. The summed E-state index contributed by atoms with van der Waals surface area (Å²) in [5.74, 6) is -1.62. The number of likely N-dealkylation sites (tertiary alicyclic amines) is 2. The number of nitrogen functional groups attached to an aromatic ring is 1. The Labute approximate surface area is 474 Å². The molecule has 23 heteroatoms. The monoisotopic (exact) mass is 1150 g/mol. The summed E-state index contributed by atoms with van der Waals surface area (Å²) < 4.78 is 58.4. The van der Waals surface area contributed by atoms with Crippen molar-refractivity contribution in [2.45, 2.75) is 143 Å². The first-order valence-corrected chi connectivity index (χ1v) is 27.8. The van der Waals surface area contributed by atoms with E-state index in [1.807, 2.05) is 0 Å². The number of fused-ring (bicyclic) bond motifs is 13. The number of alkyl halides is 3. The van der Waals surface area contributed by atoms with E-state index < -0.39 is 107 Å². The minimum Gasteiger partial charge on any atom is -0.507 e. The molecule has 0 aromatic heterocycles. The highest BCUT2D eigenvalue weighted by molar-refractivity contribution is 6.19. The number of carbonyl (C=O) groups is 4. The van der Waals surface area contributed by atoms with E-state index >= 15 is 0 Å². The number of Topliss-reactive ketones (excluding diaryl/α,β-unsaturated/α-hetero) is 1. The fourth-order valence-corrected chi connectivity index (χ4v) is 11.7. The molecular weight excluding hydrogens is 1070 g/mol. The van der Waals surface area contributed by atoms with Crippen molar-refractivity contribution in [2.24, 2.45) is 45.4 Å². The number of aliphatic hydroxyl groups is 3. The number of hydrazine groups is 1. The lowest BCUT2D eigenvalue weighted by Gasteiger charge is -2.38. The van der Waals surface area contributed by atoms with Crippen LogP contribution in [0.3, 0.4) is 0 Å². The number of allylic oxidation sites excluding steroid dienone is 3. The largest absolute Gasteiger partial charge is 0.507 e. The summed E-state index contributed by atoms with van der Waals surface area (Å²) in [5.41, 5.74) is 4.33. The van der Waals surface area contributed by atoms with Gasteiger partial charge in [-0.3, -0.25) is 29.2 Å². The first-order chi connectivity index (χ1) is 38.6. The second kappa shape index (κ2) is 25.0. The molecule has 2 saturated heterocycles. The molecule has 2 fully saturated rings. The van der Waals surface area contributed by atoms with Crippen LogP contribution in [0, 0.1) is 36.5 Å². The Bertz CT molecular complexity index is 3150. The topological polar surface area (TPSA) is 296 Å². The highest BCUT2D eigenvalue weighted by Crippen LogP contribution is 2.50.